The molecule has 0 saturated carbocycles. The minimum absolute atomic E-state index is 0.413. The van der Waals surface area contributed by atoms with Gasteiger partial charge in [-0.15, -0.1) is 0 Å². The zero-order valence-corrected chi connectivity index (χ0v) is 8.48. The molecule has 1 saturated heterocycles. The lowest BCUT2D eigenvalue weighted by molar-refractivity contribution is -0.913. The van der Waals surface area contributed by atoms with Crippen molar-refractivity contribution in [3.05, 3.63) is 29.6 Å². The maximum atomic E-state index is 9.86. The molecule has 80 valence electrons. The smallest absolute Gasteiger partial charge is 0.271 e. The van der Waals surface area contributed by atoms with Crippen LogP contribution in [0.3, 0.4) is 0 Å². The van der Waals surface area contributed by atoms with Gasteiger partial charge in [-0.1, -0.05) is 0 Å². The first-order valence-corrected chi connectivity index (χ1v) is 5.27. The van der Waals surface area contributed by atoms with Gasteiger partial charge in [-0.2, -0.15) is 0 Å². The fraction of sp³-hybridized carbons (Fsp3) is 0.545. The molecule has 2 aliphatic heterocycles. The van der Waals surface area contributed by atoms with Crippen molar-refractivity contribution in [3.63, 3.8) is 0 Å². The van der Waals surface area contributed by atoms with Gasteiger partial charge < -0.3 is 9.47 Å². The highest BCUT2D eigenvalue weighted by Crippen LogP contribution is 2.37. The van der Waals surface area contributed by atoms with Crippen LogP contribution in [0.15, 0.2) is 18.3 Å². The molecule has 3 heterocycles. The molecule has 1 N–H and O–H groups in total. The molecule has 4 heteroatoms. The van der Waals surface area contributed by atoms with Crippen LogP contribution in [0, 0.1) is 0 Å². The lowest BCUT2D eigenvalue weighted by Gasteiger charge is -2.29. The number of hydrogen-bond donors (Lipinski definition) is 1. The molecule has 1 unspecified atom stereocenters. The van der Waals surface area contributed by atoms with Gasteiger partial charge in [-0.3, -0.25) is 5.21 Å². The average Bonchev–Trinajstić information content (AvgIpc) is 2.67. The van der Waals surface area contributed by atoms with Gasteiger partial charge in [0.05, 0.1) is 19.8 Å². The summed E-state index contributed by atoms with van der Waals surface area (Å²) in [6, 6.07) is 3.90. The van der Waals surface area contributed by atoms with E-state index in [0.717, 1.165) is 24.1 Å². The number of aromatic nitrogens is 1. The van der Waals surface area contributed by atoms with Crippen LogP contribution in [0.25, 0.3) is 0 Å². The van der Waals surface area contributed by atoms with E-state index in [1.807, 2.05) is 12.1 Å². The summed E-state index contributed by atoms with van der Waals surface area (Å²) >= 11 is 0. The summed E-state index contributed by atoms with van der Waals surface area (Å²) in [5.41, 5.74) is 1.62. The Morgan fingerprint density at radius 2 is 2.33 bits per heavy atom. The van der Waals surface area contributed by atoms with Crippen molar-refractivity contribution in [3.8, 4) is 0 Å². The van der Waals surface area contributed by atoms with Gasteiger partial charge >= 0.3 is 0 Å². The van der Waals surface area contributed by atoms with Crippen molar-refractivity contribution in [2.24, 2.45) is 0 Å². The number of ether oxygens (including phenoxy) is 2. The van der Waals surface area contributed by atoms with E-state index in [1.54, 1.807) is 6.20 Å². The van der Waals surface area contributed by atoms with Crippen LogP contribution in [-0.2, 0) is 21.5 Å². The van der Waals surface area contributed by atoms with Gasteiger partial charge in [-0.25, -0.2) is 0 Å². The zero-order valence-electron chi connectivity index (χ0n) is 8.48. The van der Waals surface area contributed by atoms with E-state index in [1.165, 1.54) is 4.73 Å². The summed E-state index contributed by atoms with van der Waals surface area (Å²) in [4.78, 5) is 0. The molecular formula is C11H14NO3+. The Bertz CT molecular complexity index is 385. The lowest BCUT2D eigenvalue weighted by atomic mass is 9.90. The van der Waals surface area contributed by atoms with E-state index in [4.69, 9.17) is 9.47 Å². The maximum Gasteiger partial charge on any atom is 0.271 e. The normalized spacial score (nSPS) is 29.3. The first-order chi connectivity index (χ1) is 7.32. The summed E-state index contributed by atoms with van der Waals surface area (Å²) < 4.78 is 12.4. The SMILES string of the molecule is O[n+]1cccc2c1C1(CCOC1)OCC2. The van der Waals surface area contributed by atoms with Gasteiger partial charge in [0.15, 0.2) is 5.60 Å². The molecule has 1 atom stereocenters. The molecule has 4 nitrogen and oxygen atoms in total. The number of rotatable bonds is 0. The predicted molar refractivity (Wildman–Crippen MR) is 50.6 cm³/mol. The molecule has 2 aliphatic rings. The maximum absolute atomic E-state index is 9.86. The highest BCUT2D eigenvalue weighted by atomic mass is 16.6. The fourth-order valence-electron chi connectivity index (χ4n) is 2.52. The second kappa shape index (κ2) is 3.18. The quantitative estimate of drug-likeness (QED) is 0.495. The van der Waals surface area contributed by atoms with Crippen LogP contribution in [0.5, 0.6) is 0 Å². The zero-order chi connectivity index (χ0) is 10.3. The van der Waals surface area contributed by atoms with Crippen LogP contribution in [-0.4, -0.2) is 25.0 Å². The van der Waals surface area contributed by atoms with E-state index in [-0.39, 0.29) is 0 Å². The second-order valence-corrected chi connectivity index (χ2v) is 4.12. The summed E-state index contributed by atoms with van der Waals surface area (Å²) in [6.45, 7) is 1.96. The molecule has 1 aromatic rings. The monoisotopic (exact) mass is 208 g/mol. The third-order valence-corrected chi connectivity index (χ3v) is 3.22. The van der Waals surface area contributed by atoms with Gasteiger partial charge in [-0.05, 0) is 6.07 Å². The number of hydrogen-bond acceptors (Lipinski definition) is 3. The number of pyridine rings is 1. The third-order valence-electron chi connectivity index (χ3n) is 3.22. The molecule has 1 spiro atoms. The molecule has 3 rings (SSSR count). The summed E-state index contributed by atoms with van der Waals surface area (Å²) in [6.07, 6.45) is 3.33. The van der Waals surface area contributed by atoms with Crippen molar-refractivity contribution in [1.29, 1.82) is 0 Å². The topological polar surface area (TPSA) is 42.6 Å². The largest absolute Gasteiger partial charge is 0.378 e. The van der Waals surface area contributed by atoms with Crippen LogP contribution >= 0.6 is 0 Å². The Kier molecular flexibility index (Phi) is 1.94. The van der Waals surface area contributed by atoms with Crippen molar-refractivity contribution < 1.29 is 19.4 Å². The Hall–Kier alpha value is -1.13. The first kappa shape index (κ1) is 9.12. The summed E-state index contributed by atoms with van der Waals surface area (Å²) in [5, 5.41) is 9.86. The van der Waals surface area contributed by atoms with Gasteiger partial charge in [0, 0.05) is 29.2 Å². The van der Waals surface area contributed by atoms with E-state index >= 15 is 0 Å². The van der Waals surface area contributed by atoms with Crippen LogP contribution in [0.2, 0.25) is 0 Å². The average molecular weight is 208 g/mol. The van der Waals surface area contributed by atoms with E-state index in [2.05, 4.69) is 0 Å². The standard InChI is InChI=1S/C11H14NO3/c13-12-5-1-2-9-3-6-15-11(10(9)12)4-7-14-8-11/h1-2,5,13H,3-4,6-8H2/q+1. The van der Waals surface area contributed by atoms with Crippen molar-refractivity contribution in [2.45, 2.75) is 18.4 Å². The van der Waals surface area contributed by atoms with Crippen molar-refractivity contribution in [2.75, 3.05) is 19.8 Å². The van der Waals surface area contributed by atoms with Gasteiger partial charge in [0.25, 0.3) is 5.69 Å². The minimum Gasteiger partial charge on any atom is -0.378 e. The molecule has 0 bridgehead atoms. The molecule has 15 heavy (non-hydrogen) atoms. The Morgan fingerprint density at radius 1 is 1.40 bits per heavy atom. The van der Waals surface area contributed by atoms with Crippen LogP contribution in [0.4, 0.5) is 0 Å². The molecule has 1 fully saturated rings. The molecule has 0 aromatic carbocycles. The Morgan fingerprint density at radius 3 is 3.13 bits per heavy atom. The molecule has 0 aliphatic carbocycles. The highest BCUT2D eigenvalue weighted by molar-refractivity contribution is 5.25. The van der Waals surface area contributed by atoms with E-state index in [0.29, 0.717) is 19.8 Å². The molecule has 0 radical (unpaired) electrons. The van der Waals surface area contributed by atoms with Crippen LogP contribution < -0.4 is 4.73 Å². The predicted octanol–water partition coefficient (Wildman–Crippen LogP) is 0.400. The highest BCUT2D eigenvalue weighted by Gasteiger charge is 2.49. The summed E-state index contributed by atoms with van der Waals surface area (Å²) in [7, 11) is 0. The van der Waals surface area contributed by atoms with Crippen molar-refractivity contribution in [1.82, 2.24) is 0 Å². The van der Waals surface area contributed by atoms with E-state index < -0.39 is 5.60 Å². The van der Waals surface area contributed by atoms with E-state index in [9.17, 15) is 5.21 Å². The Balaban J connectivity index is 2.16. The molecule has 1 aromatic heterocycles. The minimum atomic E-state index is -0.413. The third kappa shape index (κ3) is 1.25. The molecule has 0 amide bonds. The second-order valence-electron chi connectivity index (χ2n) is 4.12. The molecular weight excluding hydrogens is 194 g/mol. The first-order valence-electron chi connectivity index (χ1n) is 5.27. The van der Waals surface area contributed by atoms with Crippen molar-refractivity contribution >= 4 is 0 Å². The van der Waals surface area contributed by atoms with Gasteiger partial charge in [0.1, 0.15) is 0 Å². The number of fused-ring (bicyclic) bond motifs is 2. The summed E-state index contributed by atoms with van der Waals surface area (Å²) in [5.74, 6) is 0. The number of nitrogens with zero attached hydrogens (tertiary/aromatic N) is 1. The van der Waals surface area contributed by atoms with Gasteiger partial charge in [0.2, 0.25) is 6.20 Å². The lowest BCUT2D eigenvalue weighted by Crippen LogP contribution is -2.49. The van der Waals surface area contributed by atoms with Crippen LogP contribution in [0.1, 0.15) is 17.7 Å². The fourth-order valence-corrected chi connectivity index (χ4v) is 2.52. The Labute approximate surface area is 88.0 Å².